The van der Waals surface area contributed by atoms with Gasteiger partial charge in [-0.25, -0.2) is 19.4 Å². The van der Waals surface area contributed by atoms with Crippen molar-refractivity contribution in [3.05, 3.63) is 0 Å². The van der Waals surface area contributed by atoms with E-state index >= 15 is 0 Å². The van der Waals surface area contributed by atoms with Crippen LogP contribution in [0.5, 0.6) is 0 Å². The summed E-state index contributed by atoms with van der Waals surface area (Å²) in [6, 6.07) is 0. The first-order chi connectivity index (χ1) is 5.54. The van der Waals surface area contributed by atoms with Crippen LogP contribution in [0.25, 0.3) is 0 Å². The molecule has 0 saturated heterocycles. The molecule has 0 saturated carbocycles. The normalized spacial score (nSPS) is 15.2. The van der Waals surface area contributed by atoms with E-state index in [2.05, 4.69) is 9.78 Å². The monoisotopic (exact) mass is 182 g/mol. The lowest BCUT2D eigenvalue weighted by atomic mass is 10.2. The van der Waals surface area contributed by atoms with Gasteiger partial charge in [-0.05, 0) is 0 Å². The summed E-state index contributed by atoms with van der Waals surface area (Å²) in [6.07, 6.45) is -4.35. The fraction of sp³-hybridized carbons (Fsp3) is 0.500. The van der Waals surface area contributed by atoms with Gasteiger partial charge in [-0.2, -0.15) is 0 Å². The van der Waals surface area contributed by atoms with Crippen molar-refractivity contribution >= 4 is 11.9 Å². The third kappa shape index (κ3) is 2.43. The first-order valence-corrected chi connectivity index (χ1v) is 2.60. The zero-order chi connectivity index (χ0) is 9.72. The van der Waals surface area contributed by atoms with Gasteiger partial charge in [-0.15, -0.1) is 0 Å². The van der Waals surface area contributed by atoms with E-state index in [0.717, 1.165) is 0 Å². The highest BCUT2D eigenvalue weighted by atomic mass is 17.1. The second-order valence-electron chi connectivity index (χ2n) is 1.73. The predicted molar refractivity (Wildman–Crippen MR) is 30.3 cm³/mol. The number of rotatable bonds is 5. The van der Waals surface area contributed by atoms with Crippen molar-refractivity contribution < 1.29 is 40.1 Å². The zero-order valence-corrected chi connectivity index (χ0v) is 5.58. The van der Waals surface area contributed by atoms with Crippen LogP contribution in [0.4, 0.5) is 0 Å². The van der Waals surface area contributed by atoms with Crippen LogP contribution in [-0.2, 0) is 19.4 Å². The smallest absolute Gasteiger partial charge is 0.339 e. The van der Waals surface area contributed by atoms with Gasteiger partial charge in [-0.3, -0.25) is 10.5 Å². The molecule has 0 aromatic carbocycles. The Morgan fingerprint density at radius 2 is 1.17 bits per heavy atom. The Kier molecular flexibility index (Phi) is 4.15. The molecule has 0 aliphatic carbocycles. The average Bonchev–Trinajstić information content (AvgIpc) is 1.98. The number of carboxylic acid groups (broad SMARTS) is 2. The van der Waals surface area contributed by atoms with Gasteiger partial charge >= 0.3 is 11.9 Å². The van der Waals surface area contributed by atoms with Gasteiger partial charge in [0.25, 0.3) is 0 Å². The van der Waals surface area contributed by atoms with Crippen molar-refractivity contribution in [1.29, 1.82) is 0 Å². The highest BCUT2D eigenvalue weighted by molar-refractivity contribution is 5.83. The van der Waals surface area contributed by atoms with E-state index in [4.69, 9.17) is 20.7 Å². The molecule has 0 aromatic rings. The Hall–Kier alpha value is -1.22. The highest BCUT2D eigenvalue weighted by Crippen LogP contribution is 2.02. The summed E-state index contributed by atoms with van der Waals surface area (Å²) in [5.74, 6) is -3.56. The van der Waals surface area contributed by atoms with Crippen molar-refractivity contribution in [2.75, 3.05) is 0 Å². The SMILES string of the molecule is O=C(O)[C@H](OO)[C@@H](OO)C(=O)O. The highest BCUT2D eigenvalue weighted by Gasteiger charge is 2.37. The first-order valence-electron chi connectivity index (χ1n) is 2.60. The Morgan fingerprint density at radius 3 is 1.25 bits per heavy atom. The summed E-state index contributed by atoms with van der Waals surface area (Å²) >= 11 is 0. The molecule has 8 nitrogen and oxygen atoms in total. The Labute approximate surface area is 65.4 Å². The predicted octanol–water partition coefficient (Wildman–Crippen LogP) is -1.13. The van der Waals surface area contributed by atoms with Crippen LogP contribution in [0.3, 0.4) is 0 Å². The molecule has 0 spiro atoms. The minimum atomic E-state index is -2.17. The van der Waals surface area contributed by atoms with Crippen LogP contribution in [0.1, 0.15) is 0 Å². The molecule has 0 bridgehead atoms. The molecule has 0 unspecified atom stereocenters. The molecule has 0 amide bonds. The Balaban J connectivity index is 4.44. The third-order valence-corrected chi connectivity index (χ3v) is 0.989. The van der Waals surface area contributed by atoms with Crippen LogP contribution >= 0.6 is 0 Å². The summed E-state index contributed by atoms with van der Waals surface area (Å²) < 4.78 is 0. The number of hydrogen-bond acceptors (Lipinski definition) is 6. The fourth-order valence-corrected chi connectivity index (χ4v) is 0.460. The molecule has 8 heteroatoms. The largest absolute Gasteiger partial charge is 0.479 e. The van der Waals surface area contributed by atoms with Crippen molar-refractivity contribution in [1.82, 2.24) is 0 Å². The van der Waals surface area contributed by atoms with E-state index in [9.17, 15) is 9.59 Å². The van der Waals surface area contributed by atoms with Gasteiger partial charge in [0.05, 0.1) is 0 Å². The van der Waals surface area contributed by atoms with Gasteiger partial charge in [0.1, 0.15) is 0 Å². The van der Waals surface area contributed by atoms with Gasteiger partial charge in [0.2, 0.25) is 12.2 Å². The number of hydrogen-bond donors (Lipinski definition) is 4. The molecule has 12 heavy (non-hydrogen) atoms. The molecule has 0 heterocycles. The molecule has 4 N–H and O–H groups in total. The molecule has 0 aliphatic heterocycles. The maximum Gasteiger partial charge on any atom is 0.339 e. The Bertz CT molecular complexity index is 156. The molecule has 0 aromatic heterocycles. The maximum absolute atomic E-state index is 10.1. The summed E-state index contributed by atoms with van der Waals surface area (Å²) in [6.45, 7) is 0. The molecular formula is C4H6O8. The molecule has 70 valence electrons. The van der Waals surface area contributed by atoms with E-state index in [0.29, 0.717) is 0 Å². The van der Waals surface area contributed by atoms with E-state index in [1.807, 2.05) is 0 Å². The number of aliphatic carboxylic acids is 2. The van der Waals surface area contributed by atoms with Crippen molar-refractivity contribution in [3.63, 3.8) is 0 Å². The van der Waals surface area contributed by atoms with E-state index < -0.39 is 24.1 Å². The first kappa shape index (κ1) is 10.8. The van der Waals surface area contributed by atoms with Gasteiger partial charge < -0.3 is 10.2 Å². The summed E-state index contributed by atoms with van der Waals surface area (Å²) in [7, 11) is 0. The van der Waals surface area contributed by atoms with Gasteiger partial charge in [0, 0.05) is 0 Å². The molecular weight excluding hydrogens is 176 g/mol. The molecule has 0 aliphatic rings. The third-order valence-electron chi connectivity index (χ3n) is 0.989. The molecule has 2 atom stereocenters. The van der Waals surface area contributed by atoms with Crippen LogP contribution in [0.15, 0.2) is 0 Å². The number of carbonyl (C=O) groups is 2. The fourth-order valence-electron chi connectivity index (χ4n) is 0.460. The van der Waals surface area contributed by atoms with Crippen LogP contribution < -0.4 is 0 Å². The lowest BCUT2D eigenvalue weighted by Crippen LogP contribution is -2.42. The number of carboxylic acids is 2. The second-order valence-corrected chi connectivity index (χ2v) is 1.73. The lowest BCUT2D eigenvalue weighted by Gasteiger charge is -2.13. The Morgan fingerprint density at radius 1 is 0.917 bits per heavy atom. The van der Waals surface area contributed by atoms with Gasteiger partial charge in [0.15, 0.2) is 0 Å². The van der Waals surface area contributed by atoms with E-state index in [1.165, 1.54) is 0 Å². The minimum absolute atomic E-state index is 1.78. The summed E-state index contributed by atoms with van der Waals surface area (Å²) in [5.41, 5.74) is 0. The van der Waals surface area contributed by atoms with Crippen LogP contribution in [0, 0.1) is 0 Å². The molecule has 0 rings (SSSR count). The lowest BCUT2D eigenvalue weighted by molar-refractivity contribution is -0.343. The zero-order valence-electron chi connectivity index (χ0n) is 5.58. The maximum atomic E-state index is 10.1. The van der Waals surface area contributed by atoms with Crippen molar-refractivity contribution in [2.24, 2.45) is 0 Å². The van der Waals surface area contributed by atoms with Gasteiger partial charge in [-0.1, -0.05) is 0 Å². The summed E-state index contributed by atoms with van der Waals surface area (Å²) in [5, 5.41) is 32.2. The average molecular weight is 182 g/mol. The standard InChI is InChI=1S/C4H6O8/c5-3(6)1(11-9)2(12-10)4(7)8/h1-2,9-10H,(H,5,6)(H,7,8)/t1-,2-/m1/s1. The van der Waals surface area contributed by atoms with Crippen LogP contribution in [0.2, 0.25) is 0 Å². The van der Waals surface area contributed by atoms with Crippen molar-refractivity contribution in [3.8, 4) is 0 Å². The summed E-state index contributed by atoms with van der Waals surface area (Å²) in [4.78, 5) is 26.7. The quantitative estimate of drug-likeness (QED) is 0.310. The molecule has 0 fully saturated rings. The van der Waals surface area contributed by atoms with E-state index in [1.54, 1.807) is 0 Å². The topological polar surface area (TPSA) is 134 Å². The van der Waals surface area contributed by atoms with Crippen LogP contribution in [-0.4, -0.2) is 44.9 Å². The van der Waals surface area contributed by atoms with E-state index in [-0.39, 0.29) is 0 Å². The second kappa shape index (κ2) is 4.62. The minimum Gasteiger partial charge on any atom is -0.479 e. The molecule has 0 radical (unpaired) electrons. The van der Waals surface area contributed by atoms with Crippen molar-refractivity contribution in [2.45, 2.75) is 12.2 Å².